The molecule has 3 atom stereocenters. The van der Waals surface area contributed by atoms with Crippen LogP contribution in [0.3, 0.4) is 0 Å². The number of hydrogen-bond donors (Lipinski definition) is 1. The number of carbonyl (C=O) groups excluding carboxylic acids is 2. The van der Waals surface area contributed by atoms with E-state index >= 15 is 0 Å². The van der Waals surface area contributed by atoms with Crippen molar-refractivity contribution in [2.24, 2.45) is 11.8 Å². The van der Waals surface area contributed by atoms with Crippen molar-refractivity contribution in [2.45, 2.75) is 57.6 Å². The Labute approximate surface area is 194 Å². The molecule has 0 rings (SSSR count). The van der Waals surface area contributed by atoms with Crippen LogP contribution in [0.1, 0.15) is 52.9 Å². The number of unbranched alkanes of at least 4 members (excludes halogenated alkanes) is 1. The van der Waals surface area contributed by atoms with E-state index in [1.165, 1.54) is 13.0 Å². The Bertz CT molecular complexity index is 548. The summed E-state index contributed by atoms with van der Waals surface area (Å²) in [7, 11) is -5.26. The maximum atomic E-state index is 11.9. The molecule has 134 valence electrons. The monoisotopic (exact) mass is 394 g/mol. The molecule has 0 aromatic carbocycles. The van der Waals surface area contributed by atoms with Crippen LogP contribution in [-0.2, 0) is 19.7 Å². The van der Waals surface area contributed by atoms with E-state index in [0.29, 0.717) is 12.8 Å². The van der Waals surface area contributed by atoms with Crippen molar-refractivity contribution in [1.29, 1.82) is 0 Å². The third kappa shape index (κ3) is 8.01. The van der Waals surface area contributed by atoms with Gasteiger partial charge >= 0.3 is 59.1 Å². The summed E-state index contributed by atoms with van der Waals surface area (Å²) in [6.07, 6.45) is 4.06. The summed E-state index contributed by atoms with van der Waals surface area (Å²) < 4.78 is 30.3. The van der Waals surface area contributed by atoms with E-state index in [4.69, 9.17) is 0 Å². The van der Waals surface area contributed by atoms with E-state index in [1.807, 2.05) is 6.92 Å². The van der Waals surface area contributed by atoms with Gasteiger partial charge in [-0.15, -0.1) is 0 Å². The number of hydrogen-bond acceptors (Lipinski definition) is 6. The van der Waals surface area contributed by atoms with E-state index in [0.717, 1.165) is 18.9 Å². The van der Waals surface area contributed by atoms with Crippen molar-refractivity contribution in [3.8, 4) is 0 Å². The summed E-state index contributed by atoms with van der Waals surface area (Å²) in [6.45, 7) is 5.08. The molecule has 0 aliphatic heterocycles. The van der Waals surface area contributed by atoms with Gasteiger partial charge in [-0.25, -0.2) is 0 Å². The van der Waals surface area contributed by atoms with Crippen LogP contribution < -0.4 is 69.3 Å². The molecule has 0 saturated heterocycles. The van der Waals surface area contributed by atoms with Gasteiger partial charge in [0.1, 0.15) is 4.75 Å². The second-order valence-electron chi connectivity index (χ2n) is 5.60. The minimum absolute atomic E-state index is 0. The number of carboxylic acid groups (broad SMARTS) is 2. The summed E-state index contributed by atoms with van der Waals surface area (Å²) in [5.74, 6) is -6.46. The van der Waals surface area contributed by atoms with Gasteiger partial charge in [0.25, 0.3) is 10.1 Å². The average molecular weight is 394 g/mol. The van der Waals surface area contributed by atoms with Gasteiger partial charge < -0.3 is 19.8 Å². The Morgan fingerprint density at radius 2 is 1.72 bits per heavy atom. The summed E-state index contributed by atoms with van der Waals surface area (Å²) in [5, 5.41) is 23.0. The number of carbonyl (C=O) groups is 2. The van der Waals surface area contributed by atoms with Crippen LogP contribution in [0.2, 0.25) is 0 Å². The van der Waals surface area contributed by atoms with Crippen LogP contribution in [-0.4, -0.2) is 29.7 Å². The van der Waals surface area contributed by atoms with Crippen LogP contribution in [0.4, 0.5) is 0 Å². The Balaban J connectivity index is -0.00000242. The van der Waals surface area contributed by atoms with Crippen molar-refractivity contribution in [3.05, 3.63) is 12.2 Å². The van der Waals surface area contributed by atoms with Crippen molar-refractivity contribution < 1.29 is 91.9 Å². The van der Waals surface area contributed by atoms with E-state index in [-0.39, 0.29) is 65.0 Å². The van der Waals surface area contributed by atoms with Crippen molar-refractivity contribution in [3.63, 3.8) is 0 Å². The predicted octanol–water partition coefficient (Wildman–Crippen LogP) is -6.08. The van der Waals surface area contributed by atoms with E-state index < -0.39 is 39.1 Å². The fourth-order valence-corrected chi connectivity index (χ4v) is 3.85. The second-order valence-corrected chi connectivity index (χ2v) is 7.27. The Morgan fingerprint density at radius 1 is 1.20 bits per heavy atom. The van der Waals surface area contributed by atoms with Gasteiger partial charge in [-0.3, -0.25) is 4.55 Å². The SMILES string of the molecule is CC=CC(C(=O)[O-])C(CC(CC)CCCC)(C(=O)[O-])S(=O)(=O)O.[Na+].[Na+]. The molecule has 1 N–H and O–H groups in total. The quantitative estimate of drug-likeness (QED) is 0.209. The smallest absolute Gasteiger partial charge is 0.549 e. The zero-order chi connectivity index (χ0) is 18.3. The predicted molar refractivity (Wildman–Crippen MR) is 80.5 cm³/mol. The molecular weight excluding hydrogens is 370 g/mol. The van der Waals surface area contributed by atoms with Crippen LogP contribution in [0.15, 0.2) is 12.2 Å². The van der Waals surface area contributed by atoms with Gasteiger partial charge in [-0.2, -0.15) is 8.42 Å². The molecule has 7 nitrogen and oxygen atoms in total. The molecule has 10 heteroatoms. The number of allylic oxidation sites excluding steroid dienone is 1. The molecule has 0 aliphatic carbocycles. The third-order valence-corrected chi connectivity index (χ3v) is 5.59. The van der Waals surface area contributed by atoms with Crippen LogP contribution in [0.5, 0.6) is 0 Å². The molecule has 3 unspecified atom stereocenters. The molecule has 0 amide bonds. The number of aliphatic carboxylic acids is 2. The first-order valence-electron chi connectivity index (χ1n) is 7.60. The largest absolute Gasteiger partial charge is 1.00 e. The molecule has 0 fully saturated rings. The van der Waals surface area contributed by atoms with Gasteiger partial charge in [0.15, 0.2) is 0 Å². The van der Waals surface area contributed by atoms with Gasteiger partial charge in [-0.05, 0) is 19.3 Å². The number of carboxylic acids is 2. The molecule has 0 aliphatic rings. The Hall–Kier alpha value is 0.590. The molecular formula is C15H24Na2O7S. The molecule has 0 aromatic heterocycles. The Kier molecular flexibility index (Phi) is 16.6. The Morgan fingerprint density at radius 3 is 2.00 bits per heavy atom. The van der Waals surface area contributed by atoms with Crippen molar-refractivity contribution >= 4 is 22.1 Å². The fourth-order valence-electron chi connectivity index (χ4n) is 2.70. The van der Waals surface area contributed by atoms with E-state index in [9.17, 15) is 32.8 Å². The maximum Gasteiger partial charge on any atom is 1.00 e. The first kappa shape index (κ1) is 30.3. The van der Waals surface area contributed by atoms with Gasteiger partial charge in [0, 0.05) is 5.92 Å². The van der Waals surface area contributed by atoms with E-state index in [1.54, 1.807) is 6.92 Å². The van der Waals surface area contributed by atoms with Gasteiger partial charge in [-0.1, -0.05) is 51.7 Å². The summed E-state index contributed by atoms with van der Waals surface area (Å²) in [4.78, 5) is 23.0. The zero-order valence-corrected chi connectivity index (χ0v) is 20.5. The fraction of sp³-hybridized carbons (Fsp3) is 0.733. The molecule has 0 heterocycles. The molecule has 0 radical (unpaired) electrons. The van der Waals surface area contributed by atoms with Crippen LogP contribution in [0, 0.1) is 11.8 Å². The first-order valence-corrected chi connectivity index (χ1v) is 9.04. The van der Waals surface area contributed by atoms with E-state index in [2.05, 4.69) is 0 Å². The minimum atomic E-state index is -5.26. The average Bonchev–Trinajstić information content (AvgIpc) is 2.44. The molecule has 25 heavy (non-hydrogen) atoms. The van der Waals surface area contributed by atoms with Gasteiger partial charge in [0.2, 0.25) is 0 Å². The van der Waals surface area contributed by atoms with Crippen LogP contribution in [0.25, 0.3) is 0 Å². The minimum Gasteiger partial charge on any atom is -0.549 e. The molecule has 0 bridgehead atoms. The number of rotatable bonds is 11. The topological polar surface area (TPSA) is 135 Å². The summed E-state index contributed by atoms with van der Waals surface area (Å²) >= 11 is 0. The normalized spacial score (nSPS) is 16.2. The molecule has 0 saturated carbocycles. The van der Waals surface area contributed by atoms with Crippen molar-refractivity contribution in [2.75, 3.05) is 0 Å². The van der Waals surface area contributed by atoms with Gasteiger partial charge in [0.05, 0.1) is 11.9 Å². The summed E-state index contributed by atoms with van der Waals surface area (Å²) in [6, 6.07) is 0. The third-order valence-electron chi connectivity index (χ3n) is 4.08. The maximum absolute atomic E-state index is 11.9. The molecule has 0 spiro atoms. The van der Waals surface area contributed by atoms with Crippen molar-refractivity contribution in [1.82, 2.24) is 0 Å². The van der Waals surface area contributed by atoms with Crippen LogP contribution >= 0.6 is 0 Å². The summed E-state index contributed by atoms with van der Waals surface area (Å²) in [5.41, 5.74) is 0. The molecule has 0 aromatic rings. The standard InChI is InChI=1S/C15H26O7S.2Na/c1-4-7-9-11(6-3)10-15(14(18)19,23(20,21)22)12(8-5-2)13(16)17;;/h5,8,11-12H,4,6-7,9-10H2,1-3H3,(H,16,17)(H,18,19)(H,20,21,22);;/q;2*+1/p-2. The first-order chi connectivity index (χ1) is 10.6. The zero-order valence-electron chi connectivity index (χ0n) is 15.6. The second kappa shape index (κ2) is 13.7.